The van der Waals surface area contributed by atoms with E-state index in [9.17, 15) is 9.59 Å². The van der Waals surface area contributed by atoms with Crippen LogP contribution < -0.4 is 5.32 Å². The third-order valence-electron chi connectivity index (χ3n) is 9.09. The van der Waals surface area contributed by atoms with Gasteiger partial charge in [-0.2, -0.15) is 0 Å². The van der Waals surface area contributed by atoms with Gasteiger partial charge in [-0.05, 0) is 77.0 Å². The second kappa shape index (κ2) is 21.9. The first-order chi connectivity index (χ1) is 21.8. The number of amides is 2. The number of halogens is 1. The van der Waals surface area contributed by atoms with E-state index in [-0.39, 0.29) is 61.7 Å². The lowest BCUT2D eigenvalue weighted by atomic mass is 9.84. The summed E-state index contributed by atoms with van der Waals surface area (Å²) < 4.78 is 31.5. The molecule has 46 heavy (non-hydrogen) atoms. The van der Waals surface area contributed by atoms with Crippen molar-refractivity contribution >= 4 is 34.9 Å². The topological polar surface area (TPSA) is 98.8 Å². The van der Waals surface area contributed by atoms with Crippen LogP contribution in [0.25, 0.3) is 0 Å². The molecule has 2 saturated heterocycles. The molecule has 2 fully saturated rings. The van der Waals surface area contributed by atoms with Crippen molar-refractivity contribution in [2.24, 2.45) is 17.8 Å². The maximum absolute atomic E-state index is 12.4. The van der Waals surface area contributed by atoms with Gasteiger partial charge >= 0.3 is 6.09 Å². The second-order valence-electron chi connectivity index (χ2n) is 13.9. The van der Waals surface area contributed by atoms with E-state index < -0.39 is 0 Å². The van der Waals surface area contributed by atoms with Crippen LogP contribution in [0.15, 0.2) is 12.2 Å². The molecule has 10 nitrogen and oxygen atoms in total. The van der Waals surface area contributed by atoms with Crippen LogP contribution in [0.1, 0.15) is 93.4 Å². The smallest absolute Gasteiger partial charge is 0.409 e. The average molecular weight is 766 g/mol. The van der Waals surface area contributed by atoms with Gasteiger partial charge in [0.25, 0.3) is 0 Å². The minimum absolute atomic E-state index is 0.0214. The fraction of sp³-hybridized carbons (Fsp3) is 0.886. The molecule has 0 aromatic heterocycles. The van der Waals surface area contributed by atoms with Gasteiger partial charge in [0.1, 0.15) is 6.61 Å². The largest absolute Gasteiger partial charge is 0.447 e. The van der Waals surface area contributed by atoms with Crippen LogP contribution >= 0.6 is 22.9 Å². The van der Waals surface area contributed by atoms with E-state index >= 15 is 0 Å². The van der Waals surface area contributed by atoms with Gasteiger partial charge in [-0.1, -0.05) is 39.8 Å². The summed E-state index contributed by atoms with van der Waals surface area (Å²) in [7, 11) is 1.75. The molecule has 2 amide bonds. The van der Waals surface area contributed by atoms with Crippen LogP contribution in [0.2, 0.25) is 0 Å². The zero-order valence-electron chi connectivity index (χ0n) is 29.9. The Morgan fingerprint density at radius 2 is 1.85 bits per heavy atom. The van der Waals surface area contributed by atoms with Gasteiger partial charge in [-0.25, -0.2) is 7.91 Å². The molecule has 268 valence electrons. The highest BCUT2D eigenvalue weighted by Crippen LogP contribution is 2.31. The van der Waals surface area contributed by atoms with Gasteiger partial charge in [0.15, 0.2) is 0 Å². The molecule has 11 heteroatoms. The number of hydrogen-bond donors (Lipinski definition) is 1. The molecular weight excluding hydrogens is 701 g/mol. The summed E-state index contributed by atoms with van der Waals surface area (Å²) in [5, 5.41) is 3.02. The van der Waals surface area contributed by atoms with Crippen LogP contribution in [-0.4, -0.2) is 110 Å². The van der Waals surface area contributed by atoms with Gasteiger partial charge in [0, 0.05) is 69.1 Å². The van der Waals surface area contributed by atoms with Crippen molar-refractivity contribution in [1.82, 2.24) is 13.3 Å². The molecule has 7 atom stereocenters. The van der Waals surface area contributed by atoms with Crippen molar-refractivity contribution in [3.05, 3.63) is 12.2 Å². The van der Waals surface area contributed by atoms with Crippen molar-refractivity contribution < 1.29 is 33.3 Å². The molecule has 2 aliphatic heterocycles. The number of ether oxygens (including phenoxy) is 5. The zero-order chi connectivity index (χ0) is 34.1. The van der Waals surface area contributed by atoms with Gasteiger partial charge < -0.3 is 33.9 Å². The summed E-state index contributed by atoms with van der Waals surface area (Å²) in [5.74, 6) is 1.21. The lowest BCUT2D eigenvalue weighted by Gasteiger charge is -2.38. The highest BCUT2D eigenvalue weighted by molar-refractivity contribution is 14.1. The first kappa shape index (κ1) is 41.2. The number of rotatable bonds is 19. The number of allylic oxidation sites excluding steroid dienone is 2. The summed E-state index contributed by atoms with van der Waals surface area (Å²) in [5.41, 5.74) is -0.232. The predicted molar refractivity (Wildman–Crippen MR) is 191 cm³/mol. The number of carbonyl (C=O) groups is 2. The van der Waals surface area contributed by atoms with E-state index in [0.29, 0.717) is 44.0 Å². The lowest BCUT2D eigenvalue weighted by molar-refractivity contribution is -0.126. The third-order valence-corrected chi connectivity index (χ3v) is 10.1. The summed E-state index contributed by atoms with van der Waals surface area (Å²) in [6.45, 7) is 19.8. The molecule has 1 unspecified atom stereocenters. The molecule has 0 aromatic rings. The number of carbonyl (C=O) groups excluding carboxylic acids is 2. The van der Waals surface area contributed by atoms with E-state index in [1.165, 1.54) is 0 Å². The van der Waals surface area contributed by atoms with Crippen LogP contribution in [0.5, 0.6) is 0 Å². The monoisotopic (exact) mass is 765 g/mol. The molecule has 2 heterocycles. The molecule has 0 saturated carbocycles. The number of nitrogens with zero attached hydrogens (tertiary/aromatic N) is 2. The molecule has 0 spiro atoms. The summed E-state index contributed by atoms with van der Waals surface area (Å²) in [4.78, 5) is 26.4. The number of nitrogens with one attached hydrogen (secondary N) is 1. The van der Waals surface area contributed by atoms with Gasteiger partial charge in [-0.15, -0.1) is 0 Å². The zero-order valence-corrected chi connectivity index (χ0v) is 32.1. The average Bonchev–Trinajstić information content (AvgIpc) is 3.22. The van der Waals surface area contributed by atoms with Crippen LogP contribution in [0.4, 0.5) is 4.79 Å². The predicted octanol–water partition coefficient (Wildman–Crippen LogP) is 6.40. The molecule has 0 bridgehead atoms. The molecule has 2 aliphatic rings. The van der Waals surface area contributed by atoms with Crippen LogP contribution in [-0.2, 0) is 28.5 Å². The van der Waals surface area contributed by atoms with E-state index in [4.69, 9.17) is 23.7 Å². The Kier molecular flexibility index (Phi) is 19.6. The summed E-state index contributed by atoms with van der Waals surface area (Å²) >= 11 is 2.29. The van der Waals surface area contributed by atoms with Crippen LogP contribution in [0.3, 0.4) is 0 Å². The quantitative estimate of drug-likeness (QED) is 0.0699. The molecule has 1 N–H and O–H groups in total. The van der Waals surface area contributed by atoms with Gasteiger partial charge in [0.2, 0.25) is 5.91 Å². The summed E-state index contributed by atoms with van der Waals surface area (Å²) in [6, 6.07) is 0. The van der Waals surface area contributed by atoms with Crippen molar-refractivity contribution in [2.75, 3.05) is 59.7 Å². The Labute approximate surface area is 293 Å². The highest BCUT2D eigenvalue weighted by Gasteiger charge is 2.32. The van der Waals surface area contributed by atoms with E-state index in [1.54, 1.807) is 12.0 Å². The fourth-order valence-corrected chi connectivity index (χ4v) is 7.19. The number of hydrogen-bond acceptors (Lipinski definition) is 8. The maximum atomic E-state index is 12.4. The van der Waals surface area contributed by atoms with E-state index in [0.717, 1.165) is 51.6 Å². The first-order valence-corrected chi connectivity index (χ1v) is 18.5. The van der Waals surface area contributed by atoms with E-state index in [1.807, 2.05) is 0 Å². The molecule has 2 rings (SSSR count). The maximum Gasteiger partial charge on any atom is 0.409 e. The lowest BCUT2D eigenvalue weighted by Crippen LogP contribution is -2.43. The highest BCUT2D eigenvalue weighted by atomic mass is 127. The molecule has 0 aromatic carbocycles. The van der Waals surface area contributed by atoms with E-state index in [2.05, 4.69) is 91.9 Å². The Hall–Kier alpha value is -0.990. The fourth-order valence-electron chi connectivity index (χ4n) is 6.63. The Bertz CT molecular complexity index is 903. The Morgan fingerprint density at radius 1 is 1.09 bits per heavy atom. The Balaban J connectivity index is 1.63. The van der Waals surface area contributed by atoms with Crippen molar-refractivity contribution in [3.63, 3.8) is 0 Å². The van der Waals surface area contributed by atoms with Crippen molar-refractivity contribution in [1.29, 1.82) is 0 Å². The van der Waals surface area contributed by atoms with Crippen molar-refractivity contribution in [3.8, 4) is 0 Å². The molecule has 0 aliphatic carbocycles. The SMILES string of the molecule is CC[C@H](OC)[C@@H](C)OC(C)(C)C[C@H](C)/C=C/CC(C)[C@H]1O[C@@H](CNC(=O)CCOCCOC(=O)N2CCCN(I)CC2)CC[C@@H]1C. The number of methoxy groups -OCH3 is 1. The van der Waals surface area contributed by atoms with Gasteiger partial charge in [0.05, 0.1) is 43.2 Å². The van der Waals surface area contributed by atoms with Crippen LogP contribution in [0, 0.1) is 17.8 Å². The third kappa shape index (κ3) is 15.9. The van der Waals surface area contributed by atoms with Gasteiger partial charge in [-0.3, -0.25) is 4.79 Å². The minimum atomic E-state index is -0.295. The molecule has 0 radical (unpaired) electrons. The summed E-state index contributed by atoms with van der Waals surface area (Å²) in [6.07, 6.45) is 10.7. The normalized spacial score (nSPS) is 24.3. The minimum Gasteiger partial charge on any atom is -0.447 e. The second-order valence-corrected chi connectivity index (χ2v) is 15.3. The molecular formula is C35H64IN3O7. The standard InChI is InChI=1S/C35H64IN3O7/c1-9-31(42-8)29(5)46-35(6,7)24-26(2)12-10-13-27(3)33-28(4)14-15-30(45-33)25-37-32(40)16-21-43-22-23-44-34(41)38-17-11-18-39(36)20-19-38/h10,12,26-31,33H,9,11,13-25H2,1-8H3,(H,37,40)/b12-10+/t26-,27?,28+,29-,30-,31+,33-/m1/s1. The first-order valence-electron chi connectivity index (χ1n) is 17.5. The Morgan fingerprint density at radius 3 is 2.57 bits per heavy atom. The van der Waals surface area contributed by atoms with Crippen molar-refractivity contribution in [2.45, 2.75) is 123 Å².